The maximum atomic E-state index is 12.6. The Labute approximate surface area is 148 Å². The molecule has 5 nitrogen and oxygen atoms in total. The van der Waals surface area contributed by atoms with E-state index in [0.29, 0.717) is 26.7 Å². The van der Waals surface area contributed by atoms with Crippen LogP contribution in [0.2, 0.25) is 0 Å². The molecule has 0 spiro atoms. The van der Waals surface area contributed by atoms with Crippen LogP contribution in [0.5, 0.6) is 11.5 Å². The summed E-state index contributed by atoms with van der Waals surface area (Å²) in [6, 6.07) is 14.7. The van der Waals surface area contributed by atoms with E-state index >= 15 is 0 Å². The van der Waals surface area contributed by atoms with Crippen molar-refractivity contribution in [3.63, 3.8) is 0 Å². The van der Waals surface area contributed by atoms with Gasteiger partial charge < -0.3 is 9.84 Å². The molecule has 0 aliphatic rings. The fraction of sp³-hybridized carbons (Fsp3) is 0.0588. The van der Waals surface area contributed by atoms with Crippen LogP contribution in [0.1, 0.15) is 0 Å². The van der Waals surface area contributed by atoms with Crippen LogP contribution in [-0.4, -0.2) is 20.6 Å². The van der Waals surface area contributed by atoms with Gasteiger partial charge in [0.25, 0.3) is 10.0 Å². The van der Waals surface area contributed by atoms with Gasteiger partial charge in [0.2, 0.25) is 0 Å². The maximum absolute atomic E-state index is 12.6. The molecule has 0 aliphatic heterocycles. The number of ether oxygens (including phenoxy) is 1. The number of sulfonamides is 1. The summed E-state index contributed by atoms with van der Waals surface area (Å²) < 4.78 is 33.2. The molecule has 0 saturated carbocycles. The van der Waals surface area contributed by atoms with Gasteiger partial charge >= 0.3 is 0 Å². The molecule has 3 aromatic carbocycles. The second-order valence-corrected chi connectivity index (χ2v) is 7.62. The van der Waals surface area contributed by atoms with Crippen molar-refractivity contribution in [2.75, 3.05) is 11.8 Å². The molecule has 7 heteroatoms. The van der Waals surface area contributed by atoms with Crippen LogP contribution in [0.25, 0.3) is 10.8 Å². The normalized spacial score (nSPS) is 11.4. The summed E-state index contributed by atoms with van der Waals surface area (Å²) in [7, 11) is -2.25. The zero-order valence-corrected chi connectivity index (χ0v) is 15.1. The Kier molecular flexibility index (Phi) is 4.38. The number of aromatic hydroxyl groups is 1. The van der Waals surface area contributed by atoms with E-state index in [-0.39, 0.29) is 10.6 Å². The van der Waals surface area contributed by atoms with E-state index in [2.05, 4.69) is 20.7 Å². The molecular formula is C17H14BrNO4S. The monoisotopic (exact) mass is 407 g/mol. The summed E-state index contributed by atoms with van der Waals surface area (Å²) in [5.74, 6) is 0.643. The Hall–Kier alpha value is -2.25. The maximum Gasteiger partial charge on any atom is 0.261 e. The summed E-state index contributed by atoms with van der Waals surface area (Å²) >= 11 is 3.25. The molecule has 0 unspecified atom stereocenters. The lowest BCUT2D eigenvalue weighted by Gasteiger charge is -2.13. The number of anilines is 1. The van der Waals surface area contributed by atoms with Crippen LogP contribution in [-0.2, 0) is 10.0 Å². The van der Waals surface area contributed by atoms with Gasteiger partial charge in [-0.05, 0) is 46.3 Å². The molecule has 3 aromatic rings. The van der Waals surface area contributed by atoms with Gasteiger partial charge in [-0.2, -0.15) is 0 Å². The zero-order valence-electron chi connectivity index (χ0n) is 12.7. The Morgan fingerprint density at radius 3 is 2.29 bits per heavy atom. The average Bonchev–Trinajstić information content (AvgIpc) is 2.59. The lowest BCUT2D eigenvalue weighted by atomic mass is 10.1. The van der Waals surface area contributed by atoms with Gasteiger partial charge in [0, 0.05) is 10.8 Å². The van der Waals surface area contributed by atoms with Gasteiger partial charge in [0.05, 0.1) is 22.2 Å². The lowest BCUT2D eigenvalue weighted by molar-refractivity contribution is 0.414. The average molecular weight is 408 g/mol. The minimum Gasteiger partial charge on any atom is -0.506 e. The molecular weight excluding hydrogens is 394 g/mol. The molecule has 0 fully saturated rings. The quantitative estimate of drug-likeness (QED) is 0.637. The summed E-state index contributed by atoms with van der Waals surface area (Å²) in [6.07, 6.45) is 0. The molecule has 0 bridgehead atoms. The zero-order chi connectivity index (χ0) is 17.3. The summed E-state index contributed by atoms with van der Waals surface area (Å²) in [5.41, 5.74) is 0.381. The number of nitrogens with one attached hydrogen (secondary N) is 1. The molecule has 2 N–H and O–H groups in total. The van der Waals surface area contributed by atoms with E-state index < -0.39 is 10.0 Å². The first-order chi connectivity index (χ1) is 11.4. The highest BCUT2D eigenvalue weighted by Gasteiger charge is 2.17. The van der Waals surface area contributed by atoms with E-state index in [1.54, 1.807) is 42.5 Å². The van der Waals surface area contributed by atoms with Gasteiger partial charge in [0.1, 0.15) is 11.5 Å². The largest absolute Gasteiger partial charge is 0.506 e. The van der Waals surface area contributed by atoms with Crippen molar-refractivity contribution in [1.82, 2.24) is 0 Å². The highest BCUT2D eigenvalue weighted by atomic mass is 79.9. The first kappa shape index (κ1) is 16.6. The second kappa shape index (κ2) is 6.33. The van der Waals surface area contributed by atoms with E-state index in [0.717, 1.165) is 0 Å². The van der Waals surface area contributed by atoms with Crippen molar-refractivity contribution in [2.24, 2.45) is 0 Å². The third kappa shape index (κ3) is 3.05. The molecule has 0 aliphatic carbocycles. The minimum atomic E-state index is -3.77. The van der Waals surface area contributed by atoms with Gasteiger partial charge in [-0.15, -0.1) is 0 Å². The van der Waals surface area contributed by atoms with Gasteiger partial charge in [-0.25, -0.2) is 8.42 Å². The van der Waals surface area contributed by atoms with Crippen molar-refractivity contribution in [2.45, 2.75) is 4.90 Å². The first-order valence-electron chi connectivity index (χ1n) is 6.99. The number of phenols is 1. The third-order valence-electron chi connectivity index (χ3n) is 3.58. The van der Waals surface area contributed by atoms with Gasteiger partial charge in [0.15, 0.2) is 0 Å². The standard InChI is InChI=1S/C17H14BrNO4S/c1-23-11-6-8-12(9-7-11)24(21,22)19-16-10-15(18)17(20)14-5-3-2-4-13(14)16/h2-10,19-20H,1H3. The Morgan fingerprint density at radius 2 is 1.67 bits per heavy atom. The third-order valence-corrected chi connectivity index (χ3v) is 5.57. The molecule has 3 rings (SSSR count). The van der Waals surface area contributed by atoms with Crippen LogP contribution < -0.4 is 9.46 Å². The van der Waals surface area contributed by atoms with Crippen LogP contribution in [0.3, 0.4) is 0 Å². The Balaban J connectivity index is 2.07. The van der Waals surface area contributed by atoms with E-state index in [4.69, 9.17) is 4.74 Å². The SMILES string of the molecule is COc1ccc(S(=O)(=O)Nc2cc(Br)c(O)c3ccccc23)cc1. The van der Waals surface area contributed by atoms with E-state index in [1.165, 1.54) is 19.2 Å². The predicted molar refractivity (Wildman–Crippen MR) is 97.1 cm³/mol. The highest BCUT2D eigenvalue weighted by Crippen LogP contribution is 2.38. The number of fused-ring (bicyclic) bond motifs is 1. The van der Waals surface area contributed by atoms with Crippen LogP contribution in [0.15, 0.2) is 64.0 Å². The predicted octanol–water partition coefficient (Wildman–Crippen LogP) is 4.12. The second-order valence-electron chi connectivity index (χ2n) is 5.08. The first-order valence-corrected chi connectivity index (χ1v) is 9.27. The fourth-order valence-electron chi connectivity index (χ4n) is 2.37. The fourth-order valence-corrected chi connectivity index (χ4v) is 3.88. The summed E-state index contributed by atoms with van der Waals surface area (Å²) in [4.78, 5) is 0.122. The number of halogens is 1. The number of phenolic OH excluding ortho intramolecular Hbond substituents is 1. The van der Waals surface area contributed by atoms with Crippen LogP contribution >= 0.6 is 15.9 Å². The van der Waals surface area contributed by atoms with Crippen LogP contribution in [0.4, 0.5) is 5.69 Å². The van der Waals surface area contributed by atoms with Gasteiger partial charge in [-0.3, -0.25) is 4.72 Å². The molecule has 0 amide bonds. The number of methoxy groups -OCH3 is 1. The van der Waals surface area contributed by atoms with E-state index in [9.17, 15) is 13.5 Å². The summed E-state index contributed by atoms with van der Waals surface area (Å²) in [5, 5.41) is 11.3. The molecule has 0 radical (unpaired) electrons. The van der Waals surface area contributed by atoms with Crippen molar-refractivity contribution in [3.05, 3.63) is 59.1 Å². The number of hydrogen-bond acceptors (Lipinski definition) is 4. The summed E-state index contributed by atoms with van der Waals surface area (Å²) in [6.45, 7) is 0. The molecule has 0 atom stereocenters. The minimum absolute atomic E-state index is 0.0676. The molecule has 0 aromatic heterocycles. The number of rotatable bonds is 4. The highest BCUT2D eigenvalue weighted by molar-refractivity contribution is 9.10. The Morgan fingerprint density at radius 1 is 1.04 bits per heavy atom. The number of benzene rings is 3. The number of hydrogen-bond donors (Lipinski definition) is 2. The van der Waals surface area contributed by atoms with Crippen LogP contribution in [0, 0.1) is 0 Å². The molecule has 24 heavy (non-hydrogen) atoms. The smallest absolute Gasteiger partial charge is 0.261 e. The van der Waals surface area contributed by atoms with Crippen molar-refractivity contribution < 1.29 is 18.3 Å². The van der Waals surface area contributed by atoms with Crippen molar-refractivity contribution in [1.29, 1.82) is 0 Å². The lowest BCUT2D eigenvalue weighted by Crippen LogP contribution is -2.13. The molecule has 124 valence electrons. The Bertz CT molecular complexity index is 1000. The van der Waals surface area contributed by atoms with Gasteiger partial charge in [-0.1, -0.05) is 24.3 Å². The van der Waals surface area contributed by atoms with Crippen molar-refractivity contribution in [3.8, 4) is 11.5 Å². The topological polar surface area (TPSA) is 75.6 Å². The molecule has 0 saturated heterocycles. The van der Waals surface area contributed by atoms with E-state index in [1.807, 2.05) is 0 Å². The van der Waals surface area contributed by atoms with Crippen molar-refractivity contribution >= 4 is 42.4 Å². The molecule has 0 heterocycles.